The molecule has 0 fully saturated rings. The van der Waals surface area contributed by atoms with Gasteiger partial charge in [0.2, 0.25) is 0 Å². The summed E-state index contributed by atoms with van der Waals surface area (Å²) in [4.78, 5) is 20.6. The molecule has 21 heteroatoms. The molecule has 0 unspecified atom stereocenters. The molecule has 0 spiro atoms. The summed E-state index contributed by atoms with van der Waals surface area (Å²) in [5.74, 6) is -2.34. The number of carboxylic acid groups (broad SMARTS) is 2. The molecule has 37 heavy (non-hydrogen) atoms. The van der Waals surface area contributed by atoms with Gasteiger partial charge in [-0.1, -0.05) is 34.7 Å². The molecule has 0 amide bonds. The van der Waals surface area contributed by atoms with Gasteiger partial charge in [0.15, 0.2) is 0 Å². The van der Waals surface area contributed by atoms with Gasteiger partial charge in [-0.25, -0.2) is 9.36 Å². The smallest absolute Gasteiger partial charge is 0.548 e. The third-order valence-electron chi connectivity index (χ3n) is 3.40. The minimum atomic E-state index is -1.17. The number of hydrogen-bond acceptors (Lipinski definition) is 8. The molecular formula is C16H36CoN6O14+4. The molecule has 0 saturated carbocycles. The molecule has 2 aromatic carbocycles. The van der Waals surface area contributed by atoms with Crippen molar-refractivity contribution in [1.82, 2.24) is 30.0 Å². The van der Waals surface area contributed by atoms with Crippen LogP contribution in [0, 0.1) is 0 Å². The number of rotatable bonds is 4. The van der Waals surface area contributed by atoms with Crippen molar-refractivity contribution in [3.8, 4) is 0 Å². The Hall–Kier alpha value is -3.71. The van der Waals surface area contributed by atoms with Crippen molar-refractivity contribution in [3.63, 3.8) is 0 Å². The summed E-state index contributed by atoms with van der Waals surface area (Å²) in [5.41, 5.74) is 2.77. The molecule has 0 aliphatic rings. The van der Waals surface area contributed by atoms with Gasteiger partial charge in [0, 0.05) is 0 Å². The number of nitrogens with zero attached hydrogens (tertiary/aromatic N) is 6. The summed E-state index contributed by atoms with van der Waals surface area (Å²) >= 11 is 0. The predicted octanol–water partition coefficient (Wildman–Crippen LogP) is -10.3. The number of fused-ring (bicyclic) bond motifs is 2. The first-order valence-electron chi connectivity index (χ1n) is 7.51. The van der Waals surface area contributed by atoms with E-state index in [4.69, 9.17) is 0 Å². The average Bonchev–Trinajstić information content (AvgIpc) is 3.20. The van der Waals surface area contributed by atoms with Crippen LogP contribution < -0.4 is 10.2 Å². The van der Waals surface area contributed by atoms with Crippen molar-refractivity contribution in [2.45, 2.75) is 13.1 Å². The molecule has 0 aliphatic carbocycles. The fourth-order valence-corrected chi connectivity index (χ4v) is 2.31. The molecule has 4 aromatic rings. The van der Waals surface area contributed by atoms with Crippen molar-refractivity contribution in [3.05, 3.63) is 48.5 Å². The van der Waals surface area contributed by atoms with E-state index in [0.717, 1.165) is 0 Å². The molecule has 1 radical (unpaired) electrons. The largest absolute Gasteiger partial charge is 2.00 e. The van der Waals surface area contributed by atoms with E-state index < -0.39 is 11.9 Å². The number of aliphatic carboxylic acids is 2. The summed E-state index contributed by atoms with van der Waals surface area (Å²) < 4.78 is 2.59. The topological polar surface area (TPSA) is 463 Å². The van der Waals surface area contributed by atoms with E-state index in [-0.39, 0.29) is 84.6 Å². The van der Waals surface area contributed by atoms with Gasteiger partial charge in [-0.3, -0.25) is 0 Å². The van der Waals surface area contributed by atoms with Crippen molar-refractivity contribution < 1.29 is 91.3 Å². The maximum atomic E-state index is 10.3. The predicted molar refractivity (Wildman–Crippen MR) is 126 cm³/mol. The van der Waals surface area contributed by atoms with E-state index in [1.54, 1.807) is 36.4 Å². The van der Waals surface area contributed by atoms with Crippen LogP contribution in [0.3, 0.4) is 0 Å². The second kappa shape index (κ2) is 26.9. The van der Waals surface area contributed by atoms with Crippen LogP contribution in [0.1, 0.15) is 0 Å². The zero-order valence-corrected chi connectivity index (χ0v) is 20.0. The molecule has 0 bridgehead atoms. The average molecular weight is 595 g/mol. The molecule has 24 N–H and O–H groups in total. The van der Waals surface area contributed by atoms with E-state index in [1.807, 2.05) is 12.1 Å². The third kappa shape index (κ3) is 15.1. The van der Waals surface area contributed by atoms with Crippen LogP contribution in [0.2, 0.25) is 0 Å². The first kappa shape index (κ1) is 58.8. The Bertz CT molecular complexity index is 1010. The van der Waals surface area contributed by atoms with Crippen molar-refractivity contribution in [1.29, 1.82) is 0 Å². The summed E-state index contributed by atoms with van der Waals surface area (Å²) in [5, 5.41) is 35.6. The van der Waals surface area contributed by atoms with Crippen LogP contribution in [0.4, 0.5) is 0 Å². The van der Waals surface area contributed by atoms with Gasteiger partial charge in [-0.15, -0.1) is 10.2 Å². The zero-order chi connectivity index (χ0) is 18.5. The second-order valence-corrected chi connectivity index (χ2v) is 5.22. The van der Waals surface area contributed by atoms with E-state index in [9.17, 15) is 19.8 Å². The Morgan fingerprint density at radius 3 is 1.14 bits per heavy atom. The van der Waals surface area contributed by atoms with Gasteiger partial charge in [-0.2, -0.15) is 0 Å². The molecule has 2 aromatic heterocycles. The maximum Gasteiger partial charge on any atom is 2.00 e. The molecular weight excluding hydrogens is 559 g/mol. The Morgan fingerprint density at radius 2 is 0.865 bits per heavy atom. The Balaban J connectivity index is -0.0000000467. The van der Waals surface area contributed by atoms with Crippen molar-refractivity contribution >= 4 is 34.0 Å². The number of carboxylic acids is 2. The van der Waals surface area contributed by atoms with Crippen LogP contribution in [-0.4, -0.2) is 74.8 Å². The summed E-state index contributed by atoms with van der Waals surface area (Å²) in [7, 11) is 0. The second-order valence-electron chi connectivity index (χ2n) is 5.22. The molecule has 219 valence electrons. The van der Waals surface area contributed by atoms with Crippen LogP contribution in [-0.2, 0) is 61.4 Å². The normalized spacial score (nSPS) is 7.35. The number of hydrogen-bond donors (Lipinski definition) is 0. The SMILES string of the molecule is O.O.O.O.O.O.O=C([O-])Cn1nnc2ccccc21.O=C([O-])Cn1nnc2ccccc21.[Co+2].[OH3+].[OH3+].[OH3+].[OH3+]. The molecule has 4 rings (SSSR count). The molecule has 0 atom stereocenters. The minimum absolute atomic E-state index is 0. The quantitative estimate of drug-likeness (QED) is 0.203. The van der Waals surface area contributed by atoms with Crippen molar-refractivity contribution in [2.75, 3.05) is 0 Å². The van der Waals surface area contributed by atoms with E-state index in [1.165, 1.54) is 9.36 Å². The van der Waals surface area contributed by atoms with Crippen molar-refractivity contribution in [2.24, 2.45) is 0 Å². The molecule has 0 saturated heterocycles. The fourth-order valence-electron chi connectivity index (χ4n) is 2.31. The summed E-state index contributed by atoms with van der Waals surface area (Å²) in [6, 6.07) is 14.3. The van der Waals surface area contributed by atoms with Gasteiger partial charge in [-0.05, 0) is 24.3 Å². The van der Waals surface area contributed by atoms with E-state index in [2.05, 4.69) is 20.6 Å². The Morgan fingerprint density at radius 1 is 0.595 bits per heavy atom. The maximum absolute atomic E-state index is 10.3. The Labute approximate surface area is 217 Å². The standard InChI is InChI=1S/2C8H7N3O2.Co.10H2O/c2*12-8(13)5-11-7-4-2-1-3-6(7)9-10-11;;;;;;;;;;;/h2*1-4H,5H2,(H,12,13);;10*1H2/q;;+2;;;;;;;;;;/p+2. The fraction of sp³-hybridized carbons (Fsp3) is 0.125. The molecule has 20 nitrogen and oxygen atoms in total. The third-order valence-corrected chi connectivity index (χ3v) is 3.40. The zero-order valence-electron chi connectivity index (χ0n) is 19.0. The molecule has 0 aliphatic heterocycles. The van der Waals surface area contributed by atoms with Gasteiger partial charge in [0.25, 0.3) is 0 Å². The van der Waals surface area contributed by atoms with E-state index >= 15 is 0 Å². The van der Waals surface area contributed by atoms with Crippen LogP contribution >= 0.6 is 0 Å². The first-order valence-corrected chi connectivity index (χ1v) is 7.51. The number of aromatic nitrogens is 6. The number of carbonyl (C=O) groups excluding carboxylic acids is 2. The molecule has 2 heterocycles. The summed E-state index contributed by atoms with van der Waals surface area (Å²) in [6.07, 6.45) is 0. The number of carbonyl (C=O) groups is 2. The first-order chi connectivity index (χ1) is 12.5. The monoisotopic (exact) mass is 595 g/mol. The number of benzene rings is 2. The minimum Gasteiger partial charge on any atom is -0.548 e. The van der Waals surface area contributed by atoms with Crippen LogP contribution in [0.25, 0.3) is 22.1 Å². The van der Waals surface area contributed by atoms with Gasteiger partial charge >= 0.3 is 16.8 Å². The van der Waals surface area contributed by atoms with Gasteiger partial charge in [0.05, 0.1) is 36.1 Å². The van der Waals surface area contributed by atoms with Crippen LogP contribution in [0.5, 0.6) is 0 Å². The van der Waals surface area contributed by atoms with Gasteiger partial charge in [0.1, 0.15) is 11.0 Å². The van der Waals surface area contributed by atoms with E-state index in [0.29, 0.717) is 22.1 Å². The summed E-state index contributed by atoms with van der Waals surface area (Å²) in [6.45, 7) is -0.527. The number of para-hydroxylation sites is 2. The van der Waals surface area contributed by atoms with Crippen LogP contribution in [0.15, 0.2) is 48.5 Å². The van der Waals surface area contributed by atoms with Gasteiger partial charge < -0.3 is 74.6 Å². The Kier molecular flexibility index (Phi) is 42.7.